The van der Waals surface area contributed by atoms with Crippen LogP contribution in [0.15, 0.2) is 34.3 Å². The van der Waals surface area contributed by atoms with Crippen LogP contribution in [0.5, 0.6) is 0 Å². The second-order valence-corrected chi connectivity index (χ2v) is 10.9. The minimum absolute atomic E-state index is 0.0995. The van der Waals surface area contributed by atoms with E-state index in [0.29, 0.717) is 23.7 Å². The number of rotatable bonds is 7. The van der Waals surface area contributed by atoms with Gasteiger partial charge in [-0.1, -0.05) is 26.2 Å². The summed E-state index contributed by atoms with van der Waals surface area (Å²) in [6.07, 6.45) is 7.01. The number of benzene rings is 1. The van der Waals surface area contributed by atoms with Crippen LogP contribution in [-0.4, -0.2) is 38.1 Å². The second-order valence-electron chi connectivity index (χ2n) is 8.10. The third-order valence-corrected chi connectivity index (χ3v) is 7.72. The van der Waals surface area contributed by atoms with Crippen LogP contribution in [0.2, 0.25) is 0 Å². The number of aliphatic imine (C=N–C) groups is 1. The number of carbonyl (C=O) groups excluding carboxylic acids is 1. The normalized spacial score (nSPS) is 14.2. The first kappa shape index (κ1) is 27.5. The molecular weight excluding hydrogens is 476 g/mol. The smallest absolute Gasteiger partial charge is 0.404 e. The fourth-order valence-electron chi connectivity index (χ4n) is 3.61. The lowest BCUT2D eigenvalue weighted by atomic mass is 9.90. The van der Waals surface area contributed by atoms with E-state index >= 15 is 0 Å². The molecule has 1 fully saturated rings. The Morgan fingerprint density at radius 1 is 1.24 bits per heavy atom. The Labute approximate surface area is 205 Å². The molecule has 1 saturated carbocycles. The van der Waals surface area contributed by atoms with Gasteiger partial charge in [-0.2, -0.15) is 0 Å². The summed E-state index contributed by atoms with van der Waals surface area (Å²) in [6, 6.07) is 4.94. The van der Waals surface area contributed by atoms with Crippen LogP contribution in [0.3, 0.4) is 0 Å². The Morgan fingerprint density at radius 2 is 1.91 bits per heavy atom. The fourth-order valence-corrected chi connectivity index (χ4v) is 6.08. The van der Waals surface area contributed by atoms with E-state index < -0.39 is 16.1 Å². The molecule has 10 nitrogen and oxygen atoms in total. The number of sulfonamides is 1. The lowest BCUT2D eigenvalue weighted by Crippen LogP contribution is -2.24. The van der Waals surface area contributed by atoms with Crippen molar-refractivity contribution in [1.29, 1.82) is 0 Å². The number of amides is 1. The summed E-state index contributed by atoms with van der Waals surface area (Å²) in [6.45, 7) is 5.52. The number of thiazole rings is 1. The molecule has 2 aromatic rings. The molecule has 0 bridgehead atoms. The quantitative estimate of drug-likeness (QED) is 0.325. The first-order chi connectivity index (χ1) is 16.0. The van der Waals surface area contributed by atoms with Crippen molar-refractivity contribution in [2.75, 3.05) is 6.54 Å². The Bertz CT molecular complexity index is 1090. The topological polar surface area (TPSA) is 176 Å². The SMILES string of the molecule is CC(C)OC(N)=O.CCNS(=O)(=O)c1cc(N=C(N)N)ccc1-c1cnc(C2CCCCC2)s1. The van der Waals surface area contributed by atoms with Gasteiger partial charge in [-0.3, -0.25) is 0 Å². The van der Waals surface area contributed by atoms with Crippen molar-refractivity contribution in [3.05, 3.63) is 29.4 Å². The highest BCUT2D eigenvalue weighted by molar-refractivity contribution is 7.89. The van der Waals surface area contributed by atoms with Gasteiger partial charge in [0.15, 0.2) is 5.96 Å². The molecule has 1 amide bonds. The zero-order valence-corrected chi connectivity index (χ0v) is 21.4. The molecule has 1 aliphatic carbocycles. The van der Waals surface area contributed by atoms with Gasteiger partial charge >= 0.3 is 6.09 Å². The molecule has 0 radical (unpaired) electrons. The van der Waals surface area contributed by atoms with Crippen molar-refractivity contribution in [2.24, 2.45) is 22.2 Å². The molecule has 12 heteroatoms. The van der Waals surface area contributed by atoms with Crippen molar-refractivity contribution >= 4 is 39.1 Å². The molecule has 0 aliphatic heterocycles. The molecule has 0 saturated heterocycles. The summed E-state index contributed by atoms with van der Waals surface area (Å²) in [5.74, 6) is 0.360. The number of nitrogens with two attached hydrogens (primary N) is 3. The van der Waals surface area contributed by atoms with Gasteiger partial charge in [0, 0.05) is 24.2 Å². The molecule has 188 valence electrons. The zero-order valence-electron chi connectivity index (χ0n) is 19.8. The molecule has 7 N–H and O–H groups in total. The van der Waals surface area contributed by atoms with Gasteiger partial charge in [-0.25, -0.2) is 27.9 Å². The number of aromatic nitrogens is 1. The van der Waals surface area contributed by atoms with E-state index in [1.165, 1.54) is 25.3 Å². The number of guanidine groups is 1. The van der Waals surface area contributed by atoms with Gasteiger partial charge < -0.3 is 21.9 Å². The highest BCUT2D eigenvalue weighted by Gasteiger charge is 2.23. The fraction of sp³-hybridized carbons (Fsp3) is 0.500. The van der Waals surface area contributed by atoms with Crippen LogP contribution in [0.4, 0.5) is 10.5 Å². The number of nitrogens with zero attached hydrogens (tertiary/aromatic N) is 2. The minimum Gasteiger partial charge on any atom is -0.447 e. The molecule has 1 aromatic heterocycles. The summed E-state index contributed by atoms with van der Waals surface area (Å²) in [5.41, 5.74) is 16.5. The molecular formula is C22H34N6O4S2. The Kier molecular flexibility index (Phi) is 10.3. The van der Waals surface area contributed by atoms with Crippen molar-refractivity contribution in [2.45, 2.75) is 69.8 Å². The molecule has 1 aromatic carbocycles. The summed E-state index contributed by atoms with van der Waals surface area (Å²) in [4.78, 5) is 19.4. The first-order valence-corrected chi connectivity index (χ1v) is 13.5. The van der Waals surface area contributed by atoms with Crippen LogP contribution >= 0.6 is 11.3 Å². The first-order valence-electron chi connectivity index (χ1n) is 11.2. The monoisotopic (exact) mass is 510 g/mol. The van der Waals surface area contributed by atoms with Crippen LogP contribution in [-0.2, 0) is 14.8 Å². The third kappa shape index (κ3) is 8.26. The standard InChI is InChI=1S/C18H25N5O2S2.C4H9NO2/c1-2-22-27(24,25)16-10-13(23-18(19)20)8-9-14(16)15-11-21-17(26-15)12-6-4-3-5-7-12;1-3(2)7-4(5)6/h8-12,22H,2-7H2,1H3,(H4,19,20,23);3H,1-2H3,(H2,5,6). The predicted octanol–water partition coefficient (Wildman–Crippen LogP) is 3.55. The van der Waals surface area contributed by atoms with E-state index in [1.807, 2.05) is 0 Å². The van der Waals surface area contributed by atoms with Gasteiger partial charge in [-0.05, 0) is 44.9 Å². The lowest BCUT2D eigenvalue weighted by Gasteiger charge is -2.18. The molecule has 0 spiro atoms. The van der Waals surface area contributed by atoms with Crippen molar-refractivity contribution in [3.63, 3.8) is 0 Å². The maximum Gasteiger partial charge on any atom is 0.404 e. The number of carbonyl (C=O) groups is 1. The Hall–Kier alpha value is -2.70. The molecule has 1 aliphatic rings. The predicted molar refractivity (Wildman–Crippen MR) is 136 cm³/mol. The van der Waals surface area contributed by atoms with Crippen LogP contribution in [0.25, 0.3) is 10.4 Å². The van der Waals surface area contributed by atoms with E-state index in [9.17, 15) is 13.2 Å². The summed E-state index contributed by atoms with van der Waals surface area (Å²) >= 11 is 1.57. The van der Waals surface area contributed by atoms with Crippen LogP contribution in [0.1, 0.15) is 63.8 Å². The van der Waals surface area contributed by atoms with E-state index in [1.54, 1.807) is 50.4 Å². The molecule has 3 rings (SSSR count). The maximum absolute atomic E-state index is 12.7. The van der Waals surface area contributed by atoms with Crippen molar-refractivity contribution in [1.82, 2.24) is 9.71 Å². The number of nitrogens with one attached hydrogen (secondary N) is 1. The highest BCUT2D eigenvalue weighted by Crippen LogP contribution is 2.39. The molecule has 0 unspecified atom stereocenters. The molecule has 1 heterocycles. The largest absolute Gasteiger partial charge is 0.447 e. The summed E-state index contributed by atoms with van der Waals surface area (Å²) < 4.78 is 32.4. The third-order valence-electron chi connectivity index (χ3n) is 4.94. The average molecular weight is 511 g/mol. The average Bonchev–Trinajstić information content (AvgIpc) is 3.23. The zero-order chi connectivity index (χ0) is 25.3. The lowest BCUT2D eigenvalue weighted by molar-refractivity contribution is 0.125. The highest BCUT2D eigenvalue weighted by atomic mass is 32.2. The van der Waals surface area contributed by atoms with Gasteiger partial charge in [-0.15, -0.1) is 11.3 Å². The van der Waals surface area contributed by atoms with Gasteiger partial charge in [0.05, 0.1) is 26.6 Å². The second kappa shape index (κ2) is 12.7. The van der Waals surface area contributed by atoms with Gasteiger partial charge in [0.1, 0.15) is 0 Å². The van der Waals surface area contributed by atoms with Gasteiger partial charge in [0.2, 0.25) is 10.0 Å². The molecule has 0 atom stereocenters. The molecule has 34 heavy (non-hydrogen) atoms. The number of ether oxygens (including phenoxy) is 1. The summed E-state index contributed by atoms with van der Waals surface area (Å²) in [5, 5.41) is 1.09. The van der Waals surface area contributed by atoms with E-state index in [-0.39, 0.29) is 17.0 Å². The Morgan fingerprint density at radius 3 is 2.44 bits per heavy atom. The number of hydrogen-bond donors (Lipinski definition) is 4. The van der Waals surface area contributed by atoms with Crippen LogP contribution < -0.4 is 21.9 Å². The number of primary amides is 1. The minimum atomic E-state index is -3.69. The van der Waals surface area contributed by atoms with E-state index in [4.69, 9.17) is 11.5 Å². The Balaban J connectivity index is 0.000000509. The number of hydrogen-bond acceptors (Lipinski definition) is 7. The van der Waals surface area contributed by atoms with Gasteiger partial charge in [0.25, 0.3) is 0 Å². The van der Waals surface area contributed by atoms with E-state index in [2.05, 4.69) is 25.2 Å². The van der Waals surface area contributed by atoms with Crippen LogP contribution in [0, 0.1) is 0 Å². The van der Waals surface area contributed by atoms with E-state index in [0.717, 1.165) is 22.7 Å². The van der Waals surface area contributed by atoms with Crippen molar-refractivity contribution in [3.8, 4) is 10.4 Å². The summed E-state index contributed by atoms with van der Waals surface area (Å²) in [7, 11) is -3.69. The van der Waals surface area contributed by atoms with Crippen molar-refractivity contribution < 1.29 is 17.9 Å². The maximum atomic E-state index is 12.7.